The van der Waals surface area contributed by atoms with Gasteiger partial charge in [0.1, 0.15) is 11.2 Å². The van der Waals surface area contributed by atoms with Crippen LogP contribution < -0.4 is 10.9 Å². The molecule has 2 aliphatic rings. The molecule has 238 valence electrons. The van der Waals surface area contributed by atoms with Crippen LogP contribution in [0.5, 0.6) is 0 Å². The van der Waals surface area contributed by atoms with E-state index in [4.69, 9.17) is 4.42 Å². The van der Waals surface area contributed by atoms with Crippen LogP contribution in [0.1, 0.15) is 0 Å². The molecule has 11 aromatic rings. The van der Waals surface area contributed by atoms with E-state index in [2.05, 4.69) is 173 Å². The van der Waals surface area contributed by atoms with Crippen LogP contribution in [-0.4, -0.2) is 15.9 Å². The number of rotatable bonds is 2. The highest BCUT2D eigenvalue weighted by Crippen LogP contribution is 2.49. The molecule has 4 heteroatoms. The Morgan fingerprint density at radius 2 is 1.08 bits per heavy atom. The summed E-state index contributed by atoms with van der Waals surface area (Å²) < 4.78 is 12.1. The molecular weight excluding hydrogens is 631 g/mol. The summed E-state index contributed by atoms with van der Waals surface area (Å²) in [7, 11) is 0. The maximum absolute atomic E-state index is 6.80. The zero-order valence-electron chi connectivity index (χ0n) is 28.0. The van der Waals surface area contributed by atoms with Crippen molar-refractivity contribution in [3.8, 4) is 39.1 Å². The number of hydrogen-bond donors (Lipinski definition) is 0. The summed E-state index contributed by atoms with van der Waals surface area (Å²) in [6.07, 6.45) is 0. The molecule has 3 aromatic heterocycles. The highest BCUT2D eigenvalue weighted by Gasteiger charge is 2.43. The van der Waals surface area contributed by atoms with Crippen LogP contribution in [0.3, 0.4) is 0 Å². The quantitative estimate of drug-likeness (QED) is 0.170. The standard InChI is InChI=1S/C48H27BN2O/c1-3-13-28(14-4-1)30-19-12-23-39-42(30)44-31(29-15-5-2-6-16-29)25-26-37-47(44)50(39)48-43-35-18-8-10-24-40(35)52-41(43)27-36-34-21-11-20-33-32-17-7-9-22-38(32)51(46(33)34)49(37)45(36)48/h1-27H. The second kappa shape index (κ2) is 9.51. The van der Waals surface area contributed by atoms with Gasteiger partial charge in [-0.05, 0) is 63.0 Å². The summed E-state index contributed by atoms with van der Waals surface area (Å²) in [5, 5.41) is 7.47. The van der Waals surface area contributed by atoms with Gasteiger partial charge in [0.05, 0.1) is 22.1 Å². The topological polar surface area (TPSA) is 23.0 Å². The van der Waals surface area contributed by atoms with Crippen LogP contribution in [0.2, 0.25) is 0 Å². The second-order valence-corrected chi connectivity index (χ2v) is 14.3. The van der Waals surface area contributed by atoms with Crippen molar-refractivity contribution in [2.75, 3.05) is 0 Å². The Morgan fingerprint density at radius 1 is 0.423 bits per heavy atom. The van der Waals surface area contributed by atoms with Crippen molar-refractivity contribution in [1.82, 2.24) is 9.05 Å². The maximum atomic E-state index is 6.80. The molecular formula is C48H27BN2O. The van der Waals surface area contributed by atoms with E-state index in [1.54, 1.807) is 0 Å². The molecule has 0 radical (unpaired) electrons. The van der Waals surface area contributed by atoms with Crippen LogP contribution in [-0.2, 0) is 0 Å². The lowest BCUT2D eigenvalue weighted by atomic mass is 9.45. The van der Waals surface area contributed by atoms with Crippen molar-refractivity contribution in [1.29, 1.82) is 0 Å². The average molecular weight is 659 g/mol. The molecule has 2 aliphatic heterocycles. The largest absolute Gasteiger partial charge is 0.456 e. The molecule has 0 N–H and O–H groups in total. The van der Waals surface area contributed by atoms with Gasteiger partial charge in [0, 0.05) is 43.5 Å². The van der Waals surface area contributed by atoms with Crippen molar-refractivity contribution >= 4 is 83.3 Å². The van der Waals surface area contributed by atoms with Crippen LogP contribution in [0, 0.1) is 0 Å². The molecule has 0 aliphatic carbocycles. The van der Waals surface area contributed by atoms with E-state index in [-0.39, 0.29) is 6.85 Å². The fourth-order valence-electron chi connectivity index (χ4n) is 9.96. The van der Waals surface area contributed by atoms with E-state index in [1.807, 2.05) is 0 Å². The summed E-state index contributed by atoms with van der Waals surface area (Å²) in [4.78, 5) is 0. The van der Waals surface area contributed by atoms with E-state index < -0.39 is 0 Å². The molecule has 52 heavy (non-hydrogen) atoms. The first-order valence-electron chi connectivity index (χ1n) is 18.1. The van der Waals surface area contributed by atoms with Gasteiger partial charge in [-0.1, -0.05) is 140 Å². The van der Waals surface area contributed by atoms with Crippen LogP contribution in [0.15, 0.2) is 168 Å². The first-order chi connectivity index (χ1) is 25.8. The Balaban J connectivity index is 1.34. The van der Waals surface area contributed by atoms with E-state index >= 15 is 0 Å². The summed E-state index contributed by atoms with van der Waals surface area (Å²) in [5.41, 5.74) is 18.2. The Morgan fingerprint density at radius 3 is 1.90 bits per heavy atom. The van der Waals surface area contributed by atoms with Crippen molar-refractivity contribution in [3.05, 3.63) is 164 Å². The maximum Gasteiger partial charge on any atom is 0.333 e. The fourth-order valence-corrected chi connectivity index (χ4v) is 9.96. The molecule has 0 atom stereocenters. The third-order valence-corrected chi connectivity index (χ3v) is 11.9. The zero-order valence-corrected chi connectivity index (χ0v) is 28.0. The van der Waals surface area contributed by atoms with E-state index in [0.29, 0.717) is 0 Å². The normalized spacial score (nSPS) is 13.0. The summed E-state index contributed by atoms with van der Waals surface area (Å²) in [5.74, 6) is 0. The molecule has 3 nitrogen and oxygen atoms in total. The first-order valence-corrected chi connectivity index (χ1v) is 18.1. The van der Waals surface area contributed by atoms with E-state index in [1.165, 1.54) is 99.0 Å². The number of hydrogen-bond acceptors (Lipinski definition) is 1. The molecule has 13 rings (SSSR count). The molecule has 0 fully saturated rings. The van der Waals surface area contributed by atoms with Gasteiger partial charge in [-0.2, -0.15) is 0 Å². The smallest absolute Gasteiger partial charge is 0.333 e. The minimum Gasteiger partial charge on any atom is -0.456 e. The second-order valence-electron chi connectivity index (χ2n) is 14.3. The Kier molecular flexibility index (Phi) is 4.94. The van der Waals surface area contributed by atoms with Crippen LogP contribution in [0.25, 0.3) is 105 Å². The lowest BCUT2D eigenvalue weighted by molar-refractivity contribution is 0.669. The average Bonchev–Trinajstić information content (AvgIpc) is 3.87. The lowest BCUT2D eigenvalue weighted by Gasteiger charge is -2.34. The highest BCUT2D eigenvalue weighted by molar-refractivity contribution is 6.90. The predicted molar refractivity (Wildman–Crippen MR) is 218 cm³/mol. The van der Waals surface area contributed by atoms with Gasteiger partial charge in [-0.15, -0.1) is 0 Å². The SMILES string of the molecule is c1ccc(-c2cccc3c2c2c(-c4ccccc4)ccc4c2n3-c2c3c(cc5oc6ccccc6c25)-c2cccc5c6ccccc6n(c25)B34)cc1. The fraction of sp³-hybridized carbons (Fsp3) is 0. The monoisotopic (exact) mass is 658 g/mol. The number of nitrogens with zero attached hydrogens (tertiary/aromatic N) is 2. The first kappa shape index (κ1) is 27.0. The Hall–Kier alpha value is -6.78. The number of furan rings is 1. The van der Waals surface area contributed by atoms with Gasteiger partial charge in [0.15, 0.2) is 0 Å². The zero-order chi connectivity index (χ0) is 33.7. The van der Waals surface area contributed by atoms with Crippen molar-refractivity contribution in [2.24, 2.45) is 0 Å². The lowest BCUT2D eigenvalue weighted by Crippen LogP contribution is -2.55. The minimum atomic E-state index is -0.0373. The molecule has 0 amide bonds. The van der Waals surface area contributed by atoms with E-state index in [0.717, 1.165) is 16.6 Å². The van der Waals surface area contributed by atoms with Crippen LogP contribution in [0.4, 0.5) is 0 Å². The summed E-state index contributed by atoms with van der Waals surface area (Å²) in [6, 6.07) is 60.2. The molecule has 0 saturated heterocycles. The van der Waals surface area contributed by atoms with Gasteiger partial charge < -0.3 is 13.5 Å². The van der Waals surface area contributed by atoms with Gasteiger partial charge in [-0.3, -0.25) is 0 Å². The van der Waals surface area contributed by atoms with Crippen molar-refractivity contribution in [3.63, 3.8) is 0 Å². The van der Waals surface area contributed by atoms with Gasteiger partial charge in [0.2, 0.25) is 0 Å². The van der Waals surface area contributed by atoms with Crippen LogP contribution >= 0.6 is 0 Å². The number of benzene rings is 8. The minimum absolute atomic E-state index is 0.0373. The molecule has 0 bridgehead atoms. The molecule has 8 aromatic carbocycles. The summed E-state index contributed by atoms with van der Waals surface area (Å²) >= 11 is 0. The molecule has 5 heterocycles. The highest BCUT2D eigenvalue weighted by atomic mass is 16.3. The van der Waals surface area contributed by atoms with E-state index in [9.17, 15) is 0 Å². The van der Waals surface area contributed by atoms with Gasteiger partial charge in [-0.25, -0.2) is 0 Å². The molecule has 0 saturated carbocycles. The molecule has 0 spiro atoms. The van der Waals surface area contributed by atoms with Gasteiger partial charge >= 0.3 is 6.85 Å². The number of aromatic nitrogens is 2. The predicted octanol–water partition coefficient (Wildman–Crippen LogP) is 11.1. The third kappa shape index (κ3) is 3.16. The number of fused-ring (bicyclic) bond motifs is 14. The summed E-state index contributed by atoms with van der Waals surface area (Å²) in [6.45, 7) is -0.0373. The Bertz CT molecular complexity index is 3350. The van der Waals surface area contributed by atoms with Gasteiger partial charge in [0.25, 0.3) is 0 Å². The number of para-hydroxylation sites is 3. The third-order valence-electron chi connectivity index (χ3n) is 11.9. The van der Waals surface area contributed by atoms with Crippen molar-refractivity contribution < 1.29 is 4.42 Å². The van der Waals surface area contributed by atoms with Crippen molar-refractivity contribution in [2.45, 2.75) is 0 Å². The molecule has 0 unspecified atom stereocenters. The Labute approximate surface area is 298 Å².